The molecule has 2 aromatic heterocycles. The van der Waals surface area contributed by atoms with Crippen molar-refractivity contribution in [3.8, 4) is 0 Å². The van der Waals surface area contributed by atoms with Crippen molar-refractivity contribution >= 4 is 23.4 Å². The van der Waals surface area contributed by atoms with E-state index in [0.717, 1.165) is 23.2 Å². The van der Waals surface area contributed by atoms with E-state index in [-0.39, 0.29) is 12.1 Å². The van der Waals surface area contributed by atoms with E-state index in [1.807, 2.05) is 13.0 Å². The van der Waals surface area contributed by atoms with E-state index in [2.05, 4.69) is 9.97 Å². The van der Waals surface area contributed by atoms with E-state index in [9.17, 15) is 8.78 Å². The zero-order valence-corrected chi connectivity index (χ0v) is 11.5. The van der Waals surface area contributed by atoms with E-state index in [1.54, 1.807) is 10.8 Å². The molecule has 0 saturated carbocycles. The molecule has 3 aromatic rings. The van der Waals surface area contributed by atoms with Gasteiger partial charge in [0.05, 0.1) is 12.1 Å². The van der Waals surface area contributed by atoms with E-state index in [0.29, 0.717) is 10.4 Å². The highest BCUT2D eigenvalue weighted by Gasteiger charge is 2.11. The lowest BCUT2D eigenvalue weighted by Gasteiger charge is -2.06. The van der Waals surface area contributed by atoms with E-state index in [1.165, 1.54) is 6.07 Å². The first kappa shape index (κ1) is 12.9. The second-order valence-electron chi connectivity index (χ2n) is 4.58. The number of H-pyrrole nitrogens is 1. The van der Waals surface area contributed by atoms with Gasteiger partial charge in [-0.05, 0) is 49.0 Å². The van der Waals surface area contributed by atoms with Gasteiger partial charge in [-0.3, -0.25) is 4.57 Å². The van der Waals surface area contributed by atoms with Gasteiger partial charge >= 0.3 is 0 Å². The highest BCUT2D eigenvalue weighted by atomic mass is 32.1. The summed E-state index contributed by atoms with van der Waals surface area (Å²) in [6, 6.07) is 5.24. The van der Waals surface area contributed by atoms with Crippen molar-refractivity contribution in [2.45, 2.75) is 13.5 Å². The largest absolute Gasteiger partial charge is 0.329 e. The van der Waals surface area contributed by atoms with Crippen molar-refractivity contribution in [3.05, 3.63) is 58.0 Å². The number of nitrogens with one attached hydrogen (secondary N) is 1. The van der Waals surface area contributed by atoms with Gasteiger partial charge in [0.25, 0.3) is 0 Å². The molecular formula is C14H11F2N3S. The number of benzene rings is 1. The lowest BCUT2D eigenvalue weighted by molar-refractivity contribution is 0.577. The quantitative estimate of drug-likeness (QED) is 0.730. The van der Waals surface area contributed by atoms with E-state index >= 15 is 0 Å². The number of aromatic nitrogens is 3. The third-order valence-electron chi connectivity index (χ3n) is 3.21. The zero-order chi connectivity index (χ0) is 14.3. The molecule has 20 heavy (non-hydrogen) atoms. The average molecular weight is 291 g/mol. The van der Waals surface area contributed by atoms with Crippen LogP contribution in [0.3, 0.4) is 0 Å². The van der Waals surface area contributed by atoms with Crippen LogP contribution in [0.5, 0.6) is 0 Å². The average Bonchev–Trinajstić information content (AvgIpc) is 2.73. The standard InChI is InChI=1S/C14H11F2N3S/c1-8-4-5-17-13-12(8)18-14(20)19(13)7-9-6-10(15)2-3-11(9)16/h2-6H,7H2,1H3,(H,18,20). The van der Waals surface area contributed by atoms with Crippen molar-refractivity contribution < 1.29 is 8.78 Å². The van der Waals surface area contributed by atoms with Crippen LogP contribution in [0.4, 0.5) is 8.78 Å². The number of pyridine rings is 1. The van der Waals surface area contributed by atoms with Gasteiger partial charge in [0.1, 0.15) is 11.6 Å². The van der Waals surface area contributed by atoms with Crippen LogP contribution in [0, 0.1) is 23.3 Å². The van der Waals surface area contributed by atoms with Crippen molar-refractivity contribution in [3.63, 3.8) is 0 Å². The number of aromatic amines is 1. The van der Waals surface area contributed by atoms with Crippen LogP contribution in [-0.2, 0) is 6.54 Å². The summed E-state index contributed by atoms with van der Waals surface area (Å²) in [7, 11) is 0. The molecule has 0 radical (unpaired) electrons. The summed E-state index contributed by atoms with van der Waals surface area (Å²) in [5.41, 5.74) is 2.69. The maximum absolute atomic E-state index is 13.7. The van der Waals surface area contributed by atoms with Gasteiger partial charge in [-0.1, -0.05) is 0 Å². The van der Waals surface area contributed by atoms with E-state index < -0.39 is 11.6 Å². The topological polar surface area (TPSA) is 33.6 Å². The van der Waals surface area contributed by atoms with Crippen LogP contribution >= 0.6 is 12.2 Å². The van der Waals surface area contributed by atoms with Gasteiger partial charge in [-0.25, -0.2) is 13.8 Å². The summed E-state index contributed by atoms with van der Waals surface area (Å²) < 4.78 is 29.1. The predicted molar refractivity (Wildman–Crippen MR) is 75.1 cm³/mol. The van der Waals surface area contributed by atoms with E-state index in [4.69, 9.17) is 12.2 Å². The molecule has 0 saturated heterocycles. The Morgan fingerprint density at radius 3 is 2.90 bits per heavy atom. The number of halogens is 2. The molecule has 6 heteroatoms. The van der Waals surface area contributed by atoms with Crippen LogP contribution in [0.2, 0.25) is 0 Å². The molecular weight excluding hydrogens is 280 g/mol. The first-order valence-electron chi connectivity index (χ1n) is 6.04. The van der Waals surface area contributed by atoms with Crippen molar-refractivity contribution in [1.82, 2.24) is 14.5 Å². The molecule has 1 aromatic carbocycles. The molecule has 102 valence electrons. The third kappa shape index (κ3) is 2.12. The smallest absolute Gasteiger partial charge is 0.179 e. The zero-order valence-electron chi connectivity index (χ0n) is 10.7. The molecule has 0 aliphatic rings. The number of rotatable bonds is 2. The number of hydrogen-bond donors (Lipinski definition) is 1. The summed E-state index contributed by atoms with van der Waals surface area (Å²) in [6.07, 6.45) is 1.67. The van der Waals surface area contributed by atoms with Crippen molar-refractivity contribution in [1.29, 1.82) is 0 Å². The van der Waals surface area contributed by atoms with Gasteiger partial charge in [0.2, 0.25) is 0 Å². The van der Waals surface area contributed by atoms with Crippen LogP contribution < -0.4 is 0 Å². The van der Waals surface area contributed by atoms with Crippen molar-refractivity contribution in [2.24, 2.45) is 0 Å². The molecule has 3 nitrogen and oxygen atoms in total. The lowest BCUT2D eigenvalue weighted by Crippen LogP contribution is -2.03. The minimum Gasteiger partial charge on any atom is -0.329 e. The fraction of sp³-hybridized carbons (Fsp3) is 0.143. The fourth-order valence-electron chi connectivity index (χ4n) is 2.16. The van der Waals surface area contributed by atoms with Gasteiger partial charge in [0, 0.05) is 11.8 Å². The SMILES string of the molecule is Cc1ccnc2c1[nH]c(=S)n2Cc1cc(F)ccc1F. The van der Waals surface area contributed by atoms with Crippen LogP contribution in [0.15, 0.2) is 30.5 Å². The molecule has 0 atom stereocenters. The normalized spacial score (nSPS) is 11.2. The summed E-state index contributed by atoms with van der Waals surface area (Å²) in [6.45, 7) is 2.07. The molecule has 0 unspecified atom stereocenters. The highest BCUT2D eigenvalue weighted by molar-refractivity contribution is 7.71. The fourth-order valence-corrected chi connectivity index (χ4v) is 2.41. The Hall–Kier alpha value is -2.08. The minimum absolute atomic E-state index is 0.138. The third-order valence-corrected chi connectivity index (χ3v) is 3.53. The number of fused-ring (bicyclic) bond motifs is 1. The maximum atomic E-state index is 13.7. The minimum atomic E-state index is -0.475. The Morgan fingerprint density at radius 2 is 2.10 bits per heavy atom. The Labute approximate surface area is 118 Å². The second kappa shape index (κ2) is 4.79. The first-order chi connectivity index (χ1) is 9.56. The summed E-state index contributed by atoms with van der Waals surface area (Å²) >= 11 is 5.24. The Bertz CT molecular complexity index is 851. The van der Waals surface area contributed by atoms with Crippen LogP contribution in [0.25, 0.3) is 11.2 Å². The molecule has 0 aliphatic carbocycles. The number of hydrogen-bond acceptors (Lipinski definition) is 2. The molecule has 0 amide bonds. The number of imidazole rings is 1. The predicted octanol–water partition coefficient (Wildman–Crippen LogP) is 3.73. The molecule has 1 N–H and O–H groups in total. The second-order valence-corrected chi connectivity index (χ2v) is 4.97. The van der Waals surface area contributed by atoms with Crippen molar-refractivity contribution in [2.75, 3.05) is 0 Å². The summed E-state index contributed by atoms with van der Waals surface area (Å²) in [4.78, 5) is 7.31. The van der Waals surface area contributed by atoms with Gasteiger partial charge in [-0.15, -0.1) is 0 Å². The molecule has 3 rings (SSSR count). The first-order valence-corrected chi connectivity index (χ1v) is 6.45. The molecule has 0 fully saturated rings. The molecule has 0 aliphatic heterocycles. The van der Waals surface area contributed by atoms with Gasteiger partial charge in [-0.2, -0.15) is 0 Å². The monoisotopic (exact) mass is 291 g/mol. The van der Waals surface area contributed by atoms with Gasteiger partial charge < -0.3 is 4.98 Å². The molecule has 0 spiro atoms. The molecule has 2 heterocycles. The summed E-state index contributed by atoms with van der Waals surface area (Å²) in [5.74, 6) is -0.938. The Morgan fingerprint density at radius 1 is 1.30 bits per heavy atom. The molecule has 0 bridgehead atoms. The number of aryl methyl sites for hydroxylation is 1. The van der Waals surface area contributed by atoms with Crippen LogP contribution in [-0.4, -0.2) is 14.5 Å². The summed E-state index contributed by atoms with van der Waals surface area (Å²) in [5, 5.41) is 0. The lowest BCUT2D eigenvalue weighted by atomic mass is 10.2. The highest BCUT2D eigenvalue weighted by Crippen LogP contribution is 2.18. The number of nitrogens with zero attached hydrogens (tertiary/aromatic N) is 2. The van der Waals surface area contributed by atoms with Gasteiger partial charge in [0.15, 0.2) is 10.4 Å². The Balaban J connectivity index is 2.16. The maximum Gasteiger partial charge on any atom is 0.179 e. The van der Waals surface area contributed by atoms with Crippen LogP contribution in [0.1, 0.15) is 11.1 Å². The Kier molecular flexibility index (Phi) is 3.10.